The predicted molar refractivity (Wildman–Crippen MR) is 148 cm³/mol. The molecule has 1 heterocycles. The van der Waals surface area contributed by atoms with Crippen LogP contribution < -0.4 is 10.6 Å². The quantitative estimate of drug-likeness (QED) is 0.256. The third-order valence-corrected chi connectivity index (χ3v) is 7.92. The molecule has 0 radical (unpaired) electrons. The highest BCUT2D eigenvalue weighted by Gasteiger charge is 2.19. The molecule has 3 aromatic carbocycles. The van der Waals surface area contributed by atoms with Crippen LogP contribution in [0, 0.1) is 20.8 Å². The van der Waals surface area contributed by atoms with Gasteiger partial charge in [0.1, 0.15) is 0 Å². The number of hydrogen-bond acceptors (Lipinski definition) is 5. The largest absolute Gasteiger partial charge is 0.326 e. The molecule has 35 heavy (non-hydrogen) atoms. The molecule has 5 nitrogen and oxygen atoms in total. The molecule has 0 saturated carbocycles. The molecule has 180 valence electrons. The van der Waals surface area contributed by atoms with Gasteiger partial charge in [-0.15, -0.1) is 11.3 Å². The molecule has 2 N–H and O–H groups in total. The van der Waals surface area contributed by atoms with E-state index < -0.39 is 0 Å². The topological polar surface area (TPSA) is 71.1 Å². The van der Waals surface area contributed by atoms with E-state index in [1.807, 2.05) is 69.3 Å². The minimum Gasteiger partial charge on any atom is -0.326 e. The Morgan fingerprint density at radius 2 is 1.69 bits per heavy atom. The number of aromatic nitrogens is 1. The molecule has 2 amide bonds. The van der Waals surface area contributed by atoms with E-state index in [1.54, 1.807) is 0 Å². The third-order valence-electron chi connectivity index (χ3n) is 5.71. The maximum atomic E-state index is 12.9. The normalized spacial score (nSPS) is 11.9. The summed E-state index contributed by atoms with van der Waals surface area (Å²) in [5.41, 5.74) is 6.95. The Morgan fingerprint density at radius 3 is 2.40 bits per heavy atom. The van der Waals surface area contributed by atoms with Gasteiger partial charge in [-0.05, 0) is 69.0 Å². The lowest BCUT2D eigenvalue weighted by molar-refractivity contribution is -0.116. The van der Waals surface area contributed by atoms with Crippen molar-refractivity contribution in [3.05, 3.63) is 82.9 Å². The van der Waals surface area contributed by atoms with Crippen LogP contribution in [0.3, 0.4) is 0 Å². The molecule has 0 saturated heterocycles. The summed E-state index contributed by atoms with van der Waals surface area (Å²) >= 11 is 2.97. The van der Waals surface area contributed by atoms with Crippen LogP contribution in [0.25, 0.3) is 10.2 Å². The Morgan fingerprint density at radius 1 is 0.971 bits per heavy atom. The van der Waals surface area contributed by atoms with Crippen LogP contribution in [0.5, 0.6) is 0 Å². The van der Waals surface area contributed by atoms with Crippen LogP contribution in [-0.4, -0.2) is 22.0 Å². The number of fused-ring (bicyclic) bond motifs is 1. The minimum absolute atomic E-state index is 0.0145. The van der Waals surface area contributed by atoms with Gasteiger partial charge in [0.25, 0.3) is 0 Å². The maximum absolute atomic E-state index is 12.9. The van der Waals surface area contributed by atoms with Gasteiger partial charge < -0.3 is 10.6 Å². The number of anilines is 2. The average Bonchev–Trinajstić information content (AvgIpc) is 3.22. The van der Waals surface area contributed by atoms with Crippen molar-refractivity contribution in [1.82, 2.24) is 4.98 Å². The van der Waals surface area contributed by atoms with Crippen molar-refractivity contribution in [3.8, 4) is 0 Å². The van der Waals surface area contributed by atoms with Crippen molar-refractivity contribution >= 4 is 56.5 Å². The molecular formula is C28H29N3O2S2. The summed E-state index contributed by atoms with van der Waals surface area (Å²) in [5, 5.41) is 5.77. The van der Waals surface area contributed by atoms with E-state index in [4.69, 9.17) is 0 Å². The first-order chi connectivity index (χ1) is 16.8. The number of nitrogens with one attached hydrogen (secondary N) is 2. The molecule has 0 spiro atoms. The first kappa shape index (κ1) is 24.9. The number of carbonyl (C=O) groups excluding carboxylic acids is 2. The number of thioether (sulfide) groups is 1. The summed E-state index contributed by atoms with van der Waals surface area (Å²) in [6, 6.07) is 19.9. The smallest absolute Gasteiger partial charge is 0.237 e. The number of carbonyl (C=O) groups is 2. The molecule has 1 atom stereocenters. The average molecular weight is 504 g/mol. The zero-order valence-corrected chi connectivity index (χ0v) is 22.0. The van der Waals surface area contributed by atoms with Gasteiger partial charge in [0.15, 0.2) is 4.34 Å². The van der Waals surface area contributed by atoms with Crippen LogP contribution in [0.1, 0.15) is 35.6 Å². The Hall–Kier alpha value is -3.16. The summed E-state index contributed by atoms with van der Waals surface area (Å²) in [6.07, 6.45) is 1.14. The molecule has 4 rings (SSSR count). The Bertz CT molecular complexity index is 1340. The second-order valence-electron chi connectivity index (χ2n) is 8.72. The van der Waals surface area contributed by atoms with Gasteiger partial charge in [-0.25, -0.2) is 4.98 Å². The summed E-state index contributed by atoms with van der Waals surface area (Å²) in [6.45, 7) is 7.97. The third kappa shape index (κ3) is 6.50. The van der Waals surface area contributed by atoms with Gasteiger partial charge in [-0.1, -0.05) is 59.8 Å². The first-order valence-corrected chi connectivity index (χ1v) is 13.3. The van der Waals surface area contributed by atoms with Crippen molar-refractivity contribution in [2.75, 3.05) is 10.6 Å². The fraction of sp³-hybridized carbons (Fsp3) is 0.250. The zero-order valence-electron chi connectivity index (χ0n) is 20.3. The molecule has 0 unspecified atom stereocenters. The second kappa shape index (κ2) is 11.1. The van der Waals surface area contributed by atoms with Crippen LogP contribution in [0.4, 0.5) is 11.4 Å². The molecular weight excluding hydrogens is 474 g/mol. The molecule has 1 aromatic heterocycles. The molecule has 0 fully saturated rings. The lowest BCUT2D eigenvalue weighted by atomic mass is 10.1. The Kier molecular flexibility index (Phi) is 7.88. The van der Waals surface area contributed by atoms with Crippen LogP contribution in [0.2, 0.25) is 0 Å². The number of hydrogen-bond donors (Lipinski definition) is 2. The Labute approximate surface area is 214 Å². The van der Waals surface area contributed by atoms with Gasteiger partial charge in [-0.2, -0.15) is 0 Å². The van der Waals surface area contributed by atoms with Crippen LogP contribution in [0.15, 0.2) is 65.0 Å². The van der Waals surface area contributed by atoms with E-state index in [9.17, 15) is 9.59 Å². The highest BCUT2D eigenvalue weighted by Crippen LogP contribution is 2.34. The van der Waals surface area contributed by atoms with E-state index >= 15 is 0 Å². The maximum Gasteiger partial charge on any atom is 0.237 e. The molecule has 0 aliphatic rings. The van der Waals surface area contributed by atoms with Crippen molar-refractivity contribution in [3.63, 3.8) is 0 Å². The summed E-state index contributed by atoms with van der Waals surface area (Å²) in [7, 11) is 0. The minimum atomic E-state index is -0.298. The summed E-state index contributed by atoms with van der Waals surface area (Å²) < 4.78 is 1.80. The number of thiazole rings is 1. The van der Waals surface area contributed by atoms with E-state index in [-0.39, 0.29) is 17.1 Å². The zero-order chi connectivity index (χ0) is 24.9. The van der Waals surface area contributed by atoms with Crippen molar-refractivity contribution < 1.29 is 9.59 Å². The number of benzene rings is 3. The van der Waals surface area contributed by atoms with E-state index in [2.05, 4.69) is 34.7 Å². The van der Waals surface area contributed by atoms with Crippen molar-refractivity contribution in [2.24, 2.45) is 0 Å². The number of aryl methyl sites for hydroxylation is 4. The van der Waals surface area contributed by atoms with Crippen molar-refractivity contribution in [1.29, 1.82) is 0 Å². The fourth-order valence-electron chi connectivity index (χ4n) is 3.96. The monoisotopic (exact) mass is 503 g/mol. The second-order valence-corrected chi connectivity index (χ2v) is 11.3. The fourth-order valence-corrected chi connectivity index (χ4v) is 6.21. The summed E-state index contributed by atoms with van der Waals surface area (Å²) in [5.74, 6) is -0.0602. The van der Waals surface area contributed by atoms with Gasteiger partial charge in [0.05, 0.1) is 15.5 Å². The van der Waals surface area contributed by atoms with Gasteiger partial charge >= 0.3 is 0 Å². The molecule has 4 aromatic rings. The molecule has 0 aliphatic carbocycles. The van der Waals surface area contributed by atoms with Gasteiger partial charge in [0.2, 0.25) is 11.8 Å². The first-order valence-electron chi connectivity index (χ1n) is 11.6. The van der Waals surface area contributed by atoms with E-state index in [1.165, 1.54) is 28.7 Å². The molecule has 7 heteroatoms. The lowest BCUT2D eigenvalue weighted by Crippen LogP contribution is -2.23. The molecule has 0 bridgehead atoms. The number of amides is 2. The van der Waals surface area contributed by atoms with Crippen molar-refractivity contribution in [2.45, 2.75) is 50.1 Å². The lowest BCUT2D eigenvalue weighted by Gasteiger charge is -2.15. The van der Waals surface area contributed by atoms with E-state index in [0.29, 0.717) is 12.8 Å². The standard InChI is InChI=1S/C28H29N3O2S2/c1-17-14-18(2)26(19(3)15-17)31-27(33)20(4)34-28-30-23-12-11-22(16-24(23)35-28)29-25(32)13-10-21-8-6-5-7-9-21/h5-9,11-12,14-16,20H,10,13H2,1-4H3,(H,29,32)(H,31,33)/t20-/m1/s1. The highest BCUT2D eigenvalue weighted by molar-refractivity contribution is 8.02. The van der Waals surface area contributed by atoms with Crippen LogP contribution in [-0.2, 0) is 16.0 Å². The summed E-state index contributed by atoms with van der Waals surface area (Å²) in [4.78, 5) is 29.9. The number of nitrogens with zero attached hydrogens (tertiary/aromatic N) is 1. The van der Waals surface area contributed by atoms with Crippen LogP contribution >= 0.6 is 23.1 Å². The van der Waals surface area contributed by atoms with Gasteiger partial charge in [0, 0.05) is 17.8 Å². The number of rotatable bonds is 8. The predicted octanol–water partition coefficient (Wildman–Crippen LogP) is 6.91. The van der Waals surface area contributed by atoms with E-state index in [0.717, 1.165) is 42.6 Å². The molecule has 0 aliphatic heterocycles. The van der Waals surface area contributed by atoms with Gasteiger partial charge in [-0.3, -0.25) is 9.59 Å². The Balaban J connectivity index is 1.37. The SMILES string of the molecule is Cc1cc(C)c(NC(=O)[C@@H](C)Sc2nc3ccc(NC(=O)CCc4ccccc4)cc3s2)c(C)c1. The highest BCUT2D eigenvalue weighted by atomic mass is 32.2.